The molecular weight excluding hydrogens is 223 g/mol. The first kappa shape index (κ1) is 9.85. The molecule has 0 aliphatic heterocycles. The average Bonchev–Trinajstić information content (AvgIpc) is 1.82. The van der Waals surface area contributed by atoms with Gasteiger partial charge in [-0.15, -0.1) is 0 Å². The van der Waals surface area contributed by atoms with Gasteiger partial charge in [0.15, 0.2) is 16.2 Å². The molecule has 0 amide bonds. The summed E-state index contributed by atoms with van der Waals surface area (Å²) < 4.78 is 19.4. The lowest BCUT2D eigenvalue weighted by atomic mass is 10.5. The Morgan fingerprint density at radius 2 is 2.00 bits per heavy atom. The highest BCUT2D eigenvalue weighted by Gasteiger charge is 2.13. The van der Waals surface area contributed by atoms with Crippen LogP contribution in [-0.4, -0.2) is 18.7 Å². The first-order valence-corrected chi connectivity index (χ1v) is 4.69. The first-order chi connectivity index (χ1) is 5.52. The summed E-state index contributed by atoms with van der Waals surface area (Å²) in [5, 5.41) is -0.125. The van der Waals surface area contributed by atoms with Crippen molar-refractivity contribution in [3.63, 3.8) is 0 Å². The molecule has 0 radical (unpaired) electrons. The van der Waals surface area contributed by atoms with Gasteiger partial charge in [-0.05, 0) is 18.5 Å². The van der Waals surface area contributed by atoms with E-state index in [1.54, 1.807) is 0 Å². The van der Waals surface area contributed by atoms with Crippen molar-refractivity contribution in [2.75, 3.05) is 0 Å². The van der Waals surface area contributed by atoms with Crippen LogP contribution < -0.4 is 0 Å². The molecule has 1 heterocycles. The minimum absolute atomic E-state index is 0.000988. The van der Waals surface area contributed by atoms with Gasteiger partial charge < -0.3 is 4.55 Å². The molecule has 0 saturated carbocycles. The Labute approximate surface area is 81.2 Å². The van der Waals surface area contributed by atoms with Gasteiger partial charge in [0.2, 0.25) is 5.28 Å². The highest BCUT2D eigenvalue weighted by Crippen LogP contribution is 2.20. The fraction of sp³-hybridized carbons (Fsp3) is 0.200. The molecule has 12 heavy (non-hydrogen) atoms. The number of rotatable bonds is 1. The third-order valence-corrected chi connectivity index (χ3v) is 2.53. The van der Waals surface area contributed by atoms with Crippen molar-refractivity contribution >= 4 is 34.3 Å². The van der Waals surface area contributed by atoms with Crippen LogP contribution in [0.3, 0.4) is 0 Å². The second-order valence-corrected chi connectivity index (χ2v) is 3.55. The van der Waals surface area contributed by atoms with Crippen LogP contribution in [0.15, 0.2) is 4.90 Å². The lowest BCUT2D eigenvalue weighted by molar-refractivity contribution is 0.562. The molecule has 1 aromatic heterocycles. The van der Waals surface area contributed by atoms with Gasteiger partial charge in [0.25, 0.3) is 0 Å². The van der Waals surface area contributed by atoms with Crippen molar-refractivity contribution in [3.05, 3.63) is 16.1 Å². The molecule has 4 nitrogen and oxygen atoms in total. The Morgan fingerprint density at radius 3 is 2.42 bits per heavy atom. The molecule has 7 heteroatoms. The van der Waals surface area contributed by atoms with Gasteiger partial charge in [-0.1, -0.05) is 11.6 Å². The molecule has 0 saturated heterocycles. The summed E-state index contributed by atoms with van der Waals surface area (Å²) >= 11 is 8.80. The third-order valence-electron chi connectivity index (χ3n) is 1.14. The Morgan fingerprint density at radius 1 is 1.42 bits per heavy atom. The predicted molar refractivity (Wildman–Crippen MR) is 45.8 cm³/mol. The SMILES string of the molecule is Cc1nc(Cl)nc(Cl)c1S(=O)O. The first-order valence-electron chi connectivity index (χ1n) is 2.83. The molecule has 66 valence electrons. The van der Waals surface area contributed by atoms with Gasteiger partial charge in [-0.25, -0.2) is 14.2 Å². The van der Waals surface area contributed by atoms with Crippen molar-refractivity contribution in [1.29, 1.82) is 0 Å². The van der Waals surface area contributed by atoms with E-state index in [0.717, 1.165) is 0 Å². The summed E-state index contributed by atoms with van der Waals surface area (Å²) in [7, 11) is 0. The fourth-order valence-electron chi connectivity index (χ4n) is 0.694. The molecule has 0 aromatic carbocycles. The summed E-state index contributed by atoms with van der Waals surface area (Å²) in [4.78, 5) is 7.20. The highest BCUT2D eigenvalue weighted by molar-refractivity contribution is 7.79. The van der Waals surface area contributed by atoms with Crippen molar-refractivity contribution in [1.82, 2.24) is 9.97 Å². The van der Waals surface area contributed by atoms with Crippen LogP contribution in [0.2, 0.25) is 10.4 Å². The van der Waals surface area contributed by atoms with Crippen LogP contribution in [0.25, 0.3) is 0 Å². The van der Waals surface area contributed by atoms with E-state index in [4.69, 9.17) is 27.8 Å². The lowest BCUT2D eigenvalue weighted by Crippen LogP contribution is -1.99. The van der Waals surface area contributed by atoms with Crippen molar-refractivity contribution in [2.45, 2.75) is 11.8 Å². The quantitative estimate of drug-likeness (QED) is 0.450. The number of hydrogen-bond acceptors (Lipinski definition) is 3. The Kier molecular flexibility index (Phi) is 3.00. The van der Waals surface area contributed by atoms with E-state index < -0.39 is 11.1 Å². The summed E-state index contributed by atoms with van der Waals surface area (Å²) in [5.74, 6) is 0. The van der Waals surface area contributed by atoms with Gasteiger partial charge in [0.05, 0.1) is 5.69 Å². The fourth-order valence-corrected chi connectivity index (χ4v) is 1.85. The van der Waals surface area contributed by atoms with Gasteiger partial charge in [-0.2, -0.15) is 0 Å². The van der Waals surface area contributed by atoms with Gasteiger partial charge in [0, 0.05) is 0 Å². The molecule has 1 aromatic rings. The predicted octanol–water partition coefficient (Wildman–Crippen LogP) is 1.67. The maximum atomic E-state index is 10.7. The maximum absolute atomic E-state index is 10.7. The standard InChI is InChI=1S/C5H4Cl2N2O2S/c1-2-3(12(10)11)4(6)9-5(7)8-2/h1H3,(H,10,11). The van der Waals surface area contributed by atoms with Crippen LogP contribution in [0.5, 0.6) is 0 Å². The summed E-state index contributed by atoms with van der Waals surface area (Å²) in [6.07, 6.45) is 0. The number of nitrogens with zero attached hydrogens (tertiary/aromatic N) is 2. The molecule has 0 bridgehead atoms. The van der Waals surface area contributed by atoms with Crippen molar-refractivity contribution < 1.29 is 8.76 Å². The topological polar surface area (TPSA) is 63.1 Å². The van der Waals surface area contributed by atoms with E-state index >= 15 is 0 Å². The van der Waals surface area contributed by atoms with Crippen LogP contribution in [-0.2, 0) is 11.1 Å². The Balaban J connectivity index is 3.38. The molecule has 1 N–H and O–H groups in total. The average molecular weight is 227 g/mol. The molecule has 0 aliphatic rings. The summed E-state index contributed by atoms with van der Waals surface area (Å²) in [5.41, 5.74) is 0.306. The Bertz CT molecular complexity index is 321. The highest BCUT2D eigenvalue weighted by atomic mass is 35.5. The molecule has 1 atom stereocenters. The lowest BCUT2D eigenvalue weighted by Gasteiger charge is -2.01. The van der Waals surface area contributed by atoms with Crippen LogP contribution in [0.1, 0.15) is 5.69 Å². The van der Waals surface area contributed by atoms with E-state index in [9.17, 15) is 4.21 Å². The molecule has 1 unspecified atom stereocenters. The zero-order valence-corrected chi connectivity index (χ0v) is 8.24. The molecule has 0 spiro atoms. The number of hydrogen-bond donors (Lipinski definition) is 1. The van der Waals surface area contributed by atoms with Crippen LogP contribution >= 0.6 is 23.2 Å². The smallest absolute Gasteiger partial charge is 0.224 e. The summed E-state index contributed by atoms with van der Waals surface area (Å²) in [6.45, 7) is 1.53. The second kappa shape index (κ2) is 3.66. The zero-order chi connectivity index (χ0) is 9.30. The van der Waals surface area contributed by atoms with E-state index in [0.29, 0.717) is 5.69 Å². The van der Waals surface area contributed by atoms with E-state index in [1.165, 1.54) is 6.92 Å². The van der Waals surface area contributed by atoms with E-state index in [1.807, 2.05) is 0 Å². The number of halogens is 2. The molecule has 1 rings (SSSR count). The van der Waals surface area contributed by atoms with E-state index in [2.05, 4.69) is 9.97 Å². The molecule has 0 fully saturated rings. The van der Waals surface area contributed by atoms with Gasteiger partial charge >= 0.3 is 0 Å². The normalized spacial score (nSPS) is 13.0. The van der Waals surface area contributed by atoms with Crippen LogP contribution in [0, 0.1) is 6.92 Å². The largest absolute Gasteiger partial charge is 0.302 e. The number of aromatic nitrogens is 2. The van der Waals surface area contributed by atoms with Crippen LogP contribution in [0.4, 0.5) is 0 Å². The van der Waals surface area contributed by atoms with Crippen molar-refractivity contribution in [3.8, 4) is 0 Å². The second-order valence-electron chi connectivity index (χ2n) is 1.95. The third kappa shape index (κ3) is 1.92. The molecular formula is C5H4Cl2N2O2S. The molecule has 0 aliphatic carbocycles. The minimum atomic E-state index is -2.18. The van der Waals surface area contributed by atoms with Gasteiger partial charge in [-0.3, -0.25) is 0 Å². The minimum Gasteiger partial charge on any atom is -0.302 e. The maximum Gasteiger partial charge on any atom is 0.224 e. The Hall–Kier alpha value is -0.230. The monoisotopic (exact) mass is 226 g/mol. The summed E-state index contributed by atoms with van der Waals surface area (Å²) in [6, 6.07) is 0. The van der Waals surface area contributed by atoms with Gasteiger partial charge in [0.1, 0.15) is 4.90 Å². The van der Waals surface area contributed by atoms with Crippen molar-refractivity contribution in [2.24, 2.45) is 0 Å². The van der Waals surface area contributed by atoms with E-state index in [-0.39, 0.29) is 15.3 Å². The zero-order valence-electron chi connectivity index (χ0n) is 5.91. The number of aryl methyl sites for hydroxylation is 1.